The number of nitrogens with zero attached hydrogens (tertiary/aromatic N) is 2. The first kappa shape index (κ1) is 19.6. The molecule has 6 nitrogen and oxygen atoms in total. The minimum absolute atomic E-state index is 0.196. The van der Waals surface area contributed by atoms with E-state index in [0.29, 0.717) is 25.2 Å². The standard InChI is InChI=1S/C18H23F3N4O2/c19-18(20,21)15(24-9-7-22-8-10-24)11-23-16(26)12-25-14-4-2-1-3-13(14)5-6-17(25)27/h1-4,15,22H,5-12H2,(H,23,26). The van der Waals surface area contributed by atoms with Crippen molar-refractivity contribution in [3.63, 3.8) is 0 Å². The van der Waals surface area contributed by atoms with Crippen LogP contribution < -0.4 is 15.5 Å². The number of para-hydroxylation sites is 1. The van der Waals surface area contributed by atoms with E-state index in [0.717, 1.165) is 5.56 Å². The summed E-state index contributed by atoms with van der Waals surface area (Å²) in [6.45, 7) is 0.725. The van der Waals surface area contributed by atoms with E-state index in [1.165, 1.54) is 9.80 Å². The van der Waals surface area contributed by atoms with Gasteiger partial charge in [-0.05, 0) is 18.1 Å². The average Bonchev–Trinajstić information content (AvgIpc) is 2.64. The lowest BCUT2D eigenvalue weighted by Crippen LogP contribution is -2.58. The van der Waals surface area contributed by atoms with E-state index in [-0.39, 0.29) is 32.0 Å². The quantitative estimate of drug-likeness (QED) is 0.793. The van der Waals surface area contributed by atoms with Crippen LogP contribution >= 0.6 is 0 Å². The maximum Gasteiger partial charge on any atom is 0.405 e. The second-order valence-electron chi connectivity index (χ2n) is 6.76. The number of piperazine rings is 1. The molecule has 1 aromatic rings. The third kappa shape index (κ3) is 4.78. The number of rotatable bonds is 5. The molecule has 2 aliphatic rings. The fraction of sp³-hybridized carbons (Fsp3) is 0.556. The Kier molecular flexibility index (Phi) is 6.01. The zero-order chi connectivity index (χ0) is 19.4. The van der Waals surface area contributed by atoms with E-state index < -0.39 is 24.7 Å². The molecule has 27 heavy (non-hydrogen) atoms. The number of halogens is 3. The highest BCUT2D eigenvalue weighted by Crippen LogP contribution is 2.27. The monoisotopic (exact) mass is 384 g/mol. The van der Waals surface area contributed by atoms with E-state index in [1.54, 1.807) is 12.1 Å². The number of fused-ring (bicyclic) bond motifs is 1. The topological polar surface area (TPSA) is 64.7 Å². The Labute approximate surface area is 155 Å². The molecule has 148 valence electrons. The SMILES string of the molecule is O=C(CN1C(=O)CCc2ccccc21)NCC(N1CCNCC1)C(F)(F)F. The third-order valence-electron chi connectivity index (χ3n) is 4.96. The molecular formula is C18H23F3N4O2. The van der Waals surface area contributed by atoms with Gasteiger partial charge in [0, 0.05) is 44.8 Å². The lowest BCUT2D eigenvalue weighted by atomic mass is 10.0. The number of aryl methyl sites for hydroxylation is 1. The predicted molar refractivity (Wildman–Crippen MR) is 94.4 cm³/mol. The molecule has 2 heterocycles. The molecule has 0 aromatic heterocycles. The molecule has 3 rings (SSSR count). The molecule has 0 aliphatic carbocycles. The summed E-state index contributed by atoms with van der Waals surface area (Å²) in [4.78, 5) is 27.1. The highest BCUT2D eigenvalue weighted by molar-refractivity contribution is 6.00. The van der Waals surface area contributed by atoms with Crippen LogP contribution in [0.5, 0.6) is 0 Å². The predicted octanol–water partition coefficient (Wildman–Crippen LogP) is 0.918. The van der Waals surface area contributed by atoms with Crippen molar-refractivity contribution in [3.05, 3.63) is 29.8 Å². The molecule has 2 amide bonds. The highest BCUT2D eigenvalue weighted by Gasteiger charge is 2.43. The summed E-state index contributed by atoms with van der Waals surface area (Å²) in [5, 5.41) is 5.38. The molecule has 0 spiro atoms. The summed E-state index contributed by atoms with van der Waals surface area (Å²) in [6.07, 6.45) is -3.54. The molecule has 1 aromatic carbocycles. The first-order valence-corrected chi connectivity index (χ1v) is 9.02. The summed E-state index contributed by atoms with van der Waals surface area (Å²) >= 11 is 0. The number of carbonyl (C=O) groups excluding carboxylic acids is 2. The average molecular weight is 384 g/mol. The minimum Gasteiger partial charge on any atom is -0.353 e. The Morgan fingerprint density at radius 1 is 1.19 bits per heavy atom. The number of nitrogens with one attached hydrogen (secondary N) is 2. The molecule has 1 fully saturated rings. The molecular weight excluding hydrogens is 361 g/mol. The van der Waals surface area contributed by atoms with Gasteiger partial charge in [-0.15, -0.1) is 0 Å². The number of alkyl halides is 3. The van der Waals surface area contributed by atoms with Gasteiger partial charge in [-0.2, -0.15) is 13.2 Å². The third-order valence-corrected chi connectivity index (χ3v) is 4.96. The van der Waals surface area contributed by atoms with Crippen LogP contribution in [0.25, 0.3) is 0 Å². The van der Waals surface area contributed by atoms with E-state index in [1.807, 2.05) is 12.1 Å². The van der Waals surface area contributed by atoms with Crippen molar-refractivity contribution < 1.29 is 22.8 Å². The maximum atomic E-state index is 13.4. The maximum absolute atomic E-state index is 13.4. The number of hydrogen-bond acceptors (Lipinski definition) is 4. The van der Waals surface area contributed by atoms with Crippen molar-refractivity contribution in [1.82, 2.24) is 15.5 Å². The van der Waals surface area contributed by atoms with Crippen LogP contribution in [0.2, 0.25) is 0 Å². The van der Waals surface area contributed by atoms with E-state index >= 15 is 0 Å². The van der Waals surface area contributed by atoms with Gasteiger partial charge in [0.25, 0.3) is 0 Å². The van der Waals surface area contributed by atoms with Crippen LogP contribution in [0.3, 0.4) is 0 Å². The van der Waals surface area contributed by atoms with E-state index in [9.17, 15) is 22.8 Å². The second kappa shape index (κ2) is 8.26. The summed E-state index contributed by atoms with van der Waals surface area (Å²) in [5.41, 5.74) is 1.61. The van der Waals surface area contributed by atoms with Gasteiger partial charge in [0.2, 0.25) is 11.8 Å². The summed E-state index contributed by atoms with van der Waals surface area (Å²) in [7, 11) is 0. The van der Waals surface area contributed by atoms with Crippen molar-refractivity contribution in [3.8, 4) is 0 Å². The van der Waals surface area contributed by atoms with E-state index in [2.05, 4.69) is 10.6 Å². The lowest BCUT2D eigenvalue weighted by molar-refractivity contribution is -0.184. The molecule has 1 unspecified atom stereocenters. The van der Waals surface area contributed by atoms with Crippen LogP contribution in [-0.2, 0) is 16.0 Å². The molecule has 0 bridgehead atoms. The van der Waals surface area contributed by atoms with Gasteiger partial charge in [-0.25, -0.2) is 0 Å². The summed E-state index contributed by atoms with van der Waals surface area (Å²) < 4.78 is 40.2. The number of anilines is 1. The normalized spacial score (nSPS) is 19.5. The molecule has 2 N–H and O–H groups in total. The zero-order valence-electron chi connectivity index (χ0n) is 14.9. The van der Waals surface area contributed by atoms with Gasteiger partial charge in [-0.1, -0.05) is 18.2 Å². The fourth-order valence-electron chi connectivity index (χ4n) is 3.53. The van der Waals surface area contributed by atoms with Gasteiger partial charge >= 0.3 is 6.18 Å². The summed E-state index contributed by atoms with van der Waals surface area (Å²) in [6, 6.07) is 5.53. The van der Waals surface area contributed by atoms with Crippen molar-refractivity contribution in [1.29, 1.82) is 0 Å². The number of benzene rings is 1. The van der Waals surface area contributed by atoms with E-state index in [4.69, 9.17) is 0 Å². The first-order valence-electron chi connectivity index (χ1n) is 9.02. The van der Waals surface area contributed by atoms with Crippen molar-refractivity contribution >= 4 is 17.5 Å². The molecule has 2 aliphatic heterocycles. The largest absolute Gasteiger partial charge is 0.405 e. The van der Waals surface area contributed by atoms with Crippen LogP contribution in [0, 0.1) is 0 Å². The lowest BCUT2D eigenvalue weighted by Gasteiger charge is -2.36. The second-order valence-corrected chi connectivity index (χ2v) is 6.76. The Morgan fingerprint density at radius 3 is 2.59 bits per heavy atom. The van der Waals surface area contributed by atoms with Crippen LogP contribution in [0.4, 0.5) is 18.9 Å². The van der Waals surface area contributed by atoms with Crippen LogP contribution in [-0.4, -0.2) is 68.2 Å². The molecule has 1 atom stereocenters. The Morgan fingerprint density at radius 2 is 1.89 bits per heavy atom. The first-order chi connectivity index (χ1) is 12.9. The van der Waals surface area contributed by atoms with Crippen molar-refractivity contribution in [2.75, 3.05) is 44.2 Å². The van der Waals surface area contributed by atoms with Crippen molar-refractivity contribution in [2.45, 2.75) is 25.1 Å². The number of hydrogen-bond donors (Lipinski definition) is 2. The van der Waals surface area contributed by atoms with Crippen LogP contribution in [0.1, 0.15) is 12.0 Å². The zero-order valence-corrected chi connectivity index (χ0v) is 14.9. The van der Waals surface area contributed by atoms with Crippen LogP contribution in [0.15, 0.2) is 24.3 Å². The Balaban J connectivity index is 1.62. The van der Waals surface area contributed by atoms with Gasteiger partial charge in [0.15, 0.2) is 0 Å². The highest BCUT2D eigenvalue weighted by atomic mass is 19.4. The summed E-state index contributed by atoms with van der Waals surface area (Å²) in [5.74, 6) is -0.789. The fourth-order valence-corrected chi connectivity index (χ4v) is 3.53. The molecule has 1 saturated heterocycles. The number of amides is 2. The van der Waals surface area contributed by atoms with Gasteiger partial charge < -0.3 is 15.5 Å². The van der Waals surface area contributed by atoms with Gasteiger partial charge in [0.05, 0.1) is 0 Å². The molecule has 0 radical (unpaired) electrons. The Hall–Kier alpha value is -2.13. The van der Waals surface area contributed by atoms with Gasteiger partial charge in [0.1, 0.15) is 12.6 Å². The molecule has 9 heteroatoms. The smallest absolute Gasteiger partial charge is 0.353 e. The number of carbonyl (C=O) groups is 2. The van der Waals surface area contributed by atoms with Gasteiger partial charge in [-0.3, -0.25) is 14.5 Å². The Bertz CT molecular complexity index is 689. The van der Waals surface area contributed by atoms with Crippen molar-refractivity contribution in [2.24, 2.45) is 0 Å². The minimum atomic E-state index is -4.43. The molecule has 0 saturated carbocycles.